The predicted molar refractivity (Wildman–Crippen MR) is 114 cm³/mol. The van der Waals surface area contributed by atoms with E-state index in [2.05, 4.69) is 26.2 Å². The second-order valence-electron chi connectivity index (χ2n) is 6.78. The van der Waals surface area contributed by atoms with E-state index >= 15 is 0 Å². The summed E-state index contributed by atoms with van der Waals surface area (Å²) in [6.07, 6.45) is 1.17. The fourth-order valence-corrected chi connectivity index (χ4v) is 6.23. The molecule has 2 heterocycles. The largest absolute Gasteiger partial charge is 0.302 e. The van der Waals surface area contributed by atoms with Gasteiger partial charge in [-0.2, -0.15) is 4.31 Å². The van der Waals surface area contributed by atoms with Crippen LogP contribution in [0.25, 0.3) is 10.2 Å². The molecule has 1 atom stereocenters. The summed E-state index contributed by atoms with van der Waals surface area (Å²) in [6, 6.07) is 10.4. The molecule has 1 saturated heterocycles. The Morgan fingerprint density at radius 3 is 2.76 bits per heavy atom. The zero-order chi connectivity index (χ0) is 20.6. The van der Waals surface area contributed by atoms with Crippen molar-refractivity contribution in [3.63, 3.8) is 0 Å². The molecule has 1 aromatic heterocycles. The molecule has 1 fully saturated rings. The number of sulfonamides is 1. The van der Waals surface area contributed by atoms with Crippen molar-refractivity contribution >= 4 is 58.5 Å². The van der Waals surface area contributed by atoms with E-state index in [1.54, 1.807) is 0 Å². The van der Waals surface area contributed by atoms with Crippen LogP contribution in [0.4, 0.5) is 9.52 Å². The molecule has 0 radical (unpaired) electrons. The van der Waals surface area contributed by atoms with Crippen LogP contribution in [0.3, 0.4) is 0 Å². The van der Waals surface area contributed by atoms with E-state index in [0.717, 1.165) is 26.8 Å². The molecule has 0 spiro atoms. The first-order chi connectivity index (χ1) is 13.8. The molecule has 0 bridgehead atoms. The molecule has 0 aliphatic carbocycles. The quantitative estimate of drug-likeness (QED) is 0.584. The Bertz CT molecular complexity index is 1170. The van der Waals surface area contributed by atoms with Gasteiger partial charge in [0.2, 0.25) is 15.9 Å². The number of hydrogen-bond acceptors (Lipinski definition) is 5. The van der Waals surface area contributed by atoms with E-state index in [0.29, 0.717) is 24.5 Å². The van der Waals surface area contributed by atoms with E-state index < -0.39 is 21.8 Å². The van der Waals surface area contributed by atoms with Crippen LogP contribution in [-0.2, 0) is 14.8 Å². The average Bonchev–Trinajstić information content (AvgIpc) is 3.09. The fraction of sp³-hybridized carbons (Fsp3) is 0.263. The van der Waals surface area contributed by atoms with Gasteiger partial charge >= 0.3 is 0 Å². The zero-order valence-electron chi connectivity index (χ0n) is 15.1. The highest BCUT2D eigenvalue weighted by molar-refractivity contribution is 9.10. The predicted octanol–water partition coefficient (Wildman–Crippen LogP) is 4.24. The summed E-state index contributed by atoms with van der Waals surface area (Å²) >= 11 is 4.78. The topological polar surface area (TPSA) is 79.4 Å². The lowest BCUT2D eigenvalue weighted by molar-refractivity contribution is -0.120. The summed E-state index contributed by atoms with van der Waals surface area (Å²) < 4.78 is 42.0. The summed E-state index contributed by atoms with van der Waals surface area (Å²) in [4.78, 5) is 17.2. The Balaban J connectivity index is 1.48. The van der Waals surface area contributed by atoms with Crippen LogP contribution in [-0.4, -0.2) is 36.7 Å². The van der Waals surface area contributed by atoms with Crippen molar-refractivity contribution in [1.29, 1.82) is 0 Å². The van der Waals surface area contributed by atoms with E-state index in [1.807, 2.05) is 18.2 Å². The van der Waals surface area contributed by atoms with Crippen molar-refractivity contribution in [3.8, 4) is 0 Å². The molecule has 152 valence electrons. The van der Waals surface area contributed by atoms with Gasteiger partial charge in [0.1, 0.15) is 5.82 Å². The first kappa shape index (κ1) is 20.4. The molecule has 1 N–H and O–H groups in total. The number of carbonyl (C=O) groups excluding carboxylic acids is 1. The highest BCUT2D eigenvalue weighted by atomic mass is 79.9. The Kier molecular flexibility index (Phi) is 5.69. The lowest BCUT2D eigenvalue weighted by Gasteiger charge is -2.31. The number of anilines is 1. The molecule has 3 aromatic rings. The van der Waals surface area contributed by atoms with Crippen LogP contribution in [0.2, 0.25) is 0 Å². The van der Waals surface area contributed by atoms with Crippen LogP contribution in [0.5, 0.6) is 0 Å². The van der Waals surface area contributed by atoms with Gasteiger partial charge in [-0.15, -0.1) is 0 Å². The number of halogens is 2. The monoisotopic (exact) mass is 497 g/mol. The number of piperidine rings is 1. The van der Waals surface area contributed by atoms with Crippen molar-refractivity contribution in [2.75, 3.05) is 18.4 Å². The minimum atomic E-state index is -3.77. The maximum Gasteiger partial charge on any atom is 0.243 e. The minimum Gasteiger partial charge on any atom is -0.302 e. The van der Waals surface area contributed by atoms with Crippen molar-refractivity contribution in [3.05, 3.63) is 52.8 Å². The Labute approximate surface area is 179 Å². The second kappa shape index (κ2) is 8.10. The number of nitrogens with one attached hydrogen (secondary N) is 1. The Morgan fingerprint density at radius 1 is 1.24 bits per heavy atom. The molecule has 6 nitrogen and oxygen atoms in total. The third kappa shape index (κ3) is 4.35. The van der Waals surface area contributed by atoms with Gasteiger partial charge in [0.25, 0.3) is 0 Å². The first-order valence-corrected chi connectivity index (χ1v) is 12.0. The highest BCUT2D eigenvalue weighted by Gasteiger charge is 2.33. The molecule has 1 aliphatic heterocycles. The fourth-order valence-electron chi connectivity index (χ4n) is 3.29. The summed E-state index contributed by atoms with van der Waals surface area (Å²) in [5, 5.41) is 3.31. The van der Waals surface area contributed by atoms with Gasteiger partial charge in [-0.05, 0) is 55.3 Å². The van der Waals surface area contributed by atoms with Crippen LogP contribution >= 0.6 is 27.3 Å². The molecule has 1 aliphatic rings. The van der Waals surface area contributed by atoms with Gasteiger partial charge in [-0.3, -0.25) is 4.79 Å². The van der Waals surface area contributed by atoms with Crippen molar-refractivity contribution < 1.29 is 17.6 Å². The summed E-state index contributed by atoms with van der Waals surface area (Å²) in [5.74, 6) is -1.22. The number of nitrogens with zero attached hydrogens (tertiary/aromatic N) is 2. The molecule has 2 aromatic carbocycles. The maximum absolute atomic E-state index is 13.1. The number of carbonyl (C=O) groups is 1. The first-order valence-electron chi connectivity index (χ1n) is 8.95. The van der Waals surface area contributed by atoms with Gasteiger partial charge in [0, 0.05) is 17.6 Å². The van der Waals surface area contributed by atoms with Crippen molar-refractivity contribution in [1.82, 2.24) is 9.29 Å². The van der Waals surface area contributed by atoms with Gasteiger partial charge in [0.15, 0.2) is 5.13 Å². The number of hydrogen-bond donors (Lipinski definition) is 1. The third-order valence-corrected chi connectivity index (χ3v) is 8.09. The number of fused-ring (bicyclic) bond motifs is 1. The number of rotatable bonds is 4. The standard InChI is InChI=1S/C19H17BrFN3O3S2/c20-13-3-8-16-17(10-13)28-19(22-16)23-18(25)12-2-1-9-24(11-12)29(26,27)15-6-4-14(21)5-7-15/h3-8,10,12H,1-2,9,11H2,(H,22,23,25). The molecule has 1 amide bonds. The van der Waals surface area contributed by atoms with E-state index in [1.165, 1.54) is 27.8 Å². The number of thiazole rings is 1. The Morgan fingerprint density at radius 2 is 2.00 bits per heavy atom. The van der Waals surface area contributed by atoms with Crippen LogP contribution in [0.1, 0.15) is 12.8 Å². The van der Waals surface area contributed by atoms with E-state index in [-0.39, 0.29) is 17.3 Å². The summed E-state index contributed by atoms with van der Waals surface area (Å²) in [5.41, 5.74) is 0.789. The van der Waals surface area contributed by atoms with Crippen molar-refractivity contribution in [2.24, 2.45) is 5.92 Å². The Hall–Kier alpha value is -1.88. The van der Waals surface area contributed by atoms with Gasteiger partial charge in [0.05, 0.1) is 21.0 Å². The van der Waals surface area contributed by atoms with Crippen LogP contribution < -0.4 is 5.32 Å². The smallest absolute Gasteiger partial charge is 0.243 e. The van der Waals surface area contributed by atoms with E-state index in [9.17, 15) is 17.6 Å². The van der Waals surface area contributed by atoms with Gasteiger partial charge in [-0.25, -0.2) is 17.8 Å². The molecule has 4 rings (SSSR count). The maximum atomic E-state index is 13.1. The third-order valence-electron chi connectivity index (χ3n) is 4.79. The second-order valence-corrected chi connectivity index (χ2v) is 10.7. The van der Waals surface area contributed by atoms with Crippen LogP contribution in [0, 0.1) is 11.7 Å². The molecule has 1 unspecified atom stereocenters. The molecule has 10 heteroatoms. The molecular formula is C19H17BrFN3O3S2. The molecule has 0 saturated carbocycles. The average molecular weight is 498 g/mol. The summed E-state index contributed by atoms with van der Waals surface area (Å²) in [7, 11) is -3.77. The molecule has 29 heavy (non-hydrogen) atoms. The molecular weight excluding hydrogens is 481 g/mol. The van der Waals surface area contributed by atoms with Crippen LogP contribution in [0.15, 0.2) is 51.8 Å². The zero-order valence-corrected chi connectivity index (χ0v) is 18.4. The lowest BCUT2D eigenvalue weighted by Crippen LogP contribution is -2.43. The minimum absolute atomic E-state index is 0.0247. The number of amides is 1. The SMILES string of the molecule is O=C(Nc1nc2ccc(Br)cc2s1)C1CCCN(S(=O)(=O)c2ccc(F)cc2)C1. The summed E-state index contributed by atoms with van der Waals surface area (Å²) in [6.45, 7) is 0.417. The van der Waals surface area contributed by atoms with Crippen molar-refractivity contribution in [2.45, 2.75) is 17.7 Å². The lowest BCUT2D eigenvalue weighted by atomic mass is 9.99. The highest BCUT2D eigenvalue weighted by Crippen LogP contribution is 2.30. The number of aromatic nitrogens is 1. The number of benzene rings is 2. The van der Waals surface area contributed by atoms with E-state index in [4.69, 9.17) is 0 Å². The van der Waals surface area contributed by atoms with Gasteiger partial charge in [-0.1, -0.05) is 27.3 Å². The van der Waals surface area contributed by atoms with Gasteiger partial charge < -0.3 is 5.32 Å². The normalized spacial score (nSPS) is 18.1.